The Hall–Kier alpha value is -3.80. The first-order valence-electron chi connectivity index (χ1n) is 13.7. The second-order valence-electron chi connectivity index (χ2n) is 11.4. The normalized spacial score (nSPS) is 28.4. The lowest BCUT2D eigenvalue weighted by Crippen LogP contribution is -2.55. The maximum Gasteiger partial charge on any atom is 0.190 e. The first-order valence-corrected chi connectivity index (χ1v) is 14.1. The molecule has 0 bridgehead atoms. The summed E-state index contributed by atoms with van der Waals surface area (Å²) in [4.78, 5) is 28.4. The highest BCUT2D eigenvalue weighted by Gasteiger charge is 2.77. The summed E-state index contributed by atoms with van der Waals surface area (Å²) in [6.07, 6.45) is 4.19. The zero-order valence-electron chi connectivity index (χ0n) is 21.2. The summed E-state index contributed by atoms with van der Waals surface area (Å²) in [5, 5.41) is 0.710. The van der Waals surface area contributed by atoms with Crippen molar-refractivity contribution < 1.29 is 4.79 Å². The standard InChI is InChI=1S/C33H25ClN4O/c34-21-15-13-20(14-16-21)28-26-11-6-18-38(26)33(32(28)19-37-17-5-12-27(37)31(32)39)23-8-2-1-7-22(23)29-30(33)36-25-10-4-3-9-24(25)35-29/h1-5,7-10,12-17,26,28H,6,11,18-19H2. The summed E-state index contributed by atoms with van der Waals surface area (Å²) < 4.78 is 2.17. The van der Waals surface area contributed by atoms with Crippen LogP contribution in [-0.2, 0) is 12.1 Å². The average Bonchev–Trinajstić information content (AvgIpc) is 3.76. The molecule has 190 valence electrons. The zero-order chi connectivity index (χ0) is 25.9. The maximum atomic E-state index is 15.1. The highest BCUT2D eigenvalue weighted by Crippen LogP contribution is 2.72. The Bertz CT molecular complexity index is 1840. The lowest BCUT2D eigenvalue weighted by Gasteiger charge is -2.46. The number of para-hydroxylation sites is 2. The van der Waals surface area contributed by atoms with Crippen LogP contribution in [0.15, 0.2) is 91.1 Å². The number of carbonyl (C=O) groups is 1. The first kappa shape index (κ1) is 22.1. The van der Waals surface area contributed by atoms with Crippen LogP contribution in [0.25, 0.3) is 22.3 Å². The number of Topliss-reactive ketones (excluding diaryl/α,β-unsaturated/α-hetero) is 1. The van der Waals surface area contributed by atoms with Crippen molar-refractivity contribution in [3.8, 4) is 11.3 Å². The van der Waals surface area contributed by atoms with Crippen molar-refractivity contribution in [1.29, 1.82) is 0 Å². The van der Waals surface area contributed by atoms with Crippen molar-refractivity contribution in [2.45, 2.75) is 36.9 Å². The van der Waals surface area contributed by atoms with Gasteiger partial charge in [-0.3, -0.25) is 9.69 Å². The number of hydrogen-bond acceptors (Lipinski definition) is 4. The molecule has 2 saturated heterocycles. The minimum Gasteiger partial charge on any atom is -0.344 e. The number of nitrogens with zero attached hydrogens (tertiary/aromatic N) is 4. The van der Waals surface area contributed by atoms with Crippen molar-refractivity contribution >= 4 is 28.4 Å². The molecule has 6 heteroatoms. The highest BCUT2D eigenvalue weighted by molar-refractivity contribution is 6.30. The maximum absolute atomic E-state index is 15.1. The monoisotopic (exact) mass is 528 g/mol. The van der Waals surface area contributed by atoms with E-state index in [4.69, 9.17) is 21.6 Å². The Morgan fingerprint density at radius 3 is 2.46 bits per heavy atom. The number of fused-ring (bicyclic) bond motifs is 10. The minimum absolute atomic E-state index is 0.0167. The van der Waals surface area contributed by atoms with Gasteiger partial charge in [0, 0.05) is 35.3 Å². The number of benzene rings is 3. The average molecular weight is 529 g/mol. The minimum atomic E-state index is -0.777. The van der Waals surface area contributed by atoms with Crippen molar-refractivity contribution in [1.82, 2.24) is 19.4 Å². The molecule has 0 N–H and O–H groups in total. The number of carbonyl (C=O) groups excluding carboxylic acids is 1. The molecule has 0 amide bonds. The second kappa shape index (κ2) is 7.44. The van der Waals surface area contributed by atoms with Gasteiger partial charge >= 0.3 is 0 Å². The fourth-order valence-corrected chi connectivity index (χ4v) is 8.83. The van der Waals surface area contributed by atoms with Gasteiger partial charge in [0.05, 0.1) is 33.5 Å². The van der Waals surface area contributed by atoms with E-state index < -0.39 is 11.0 Å². The second-order valence-corrected chi connectivity index (χ2v) is 11.9. The van der Waals surface area contributed by atoms with Crippen LogP contribution in [-0.4, -0.2) is 37.8 Å². The van der Waals surface area contributed by atoms with Crippen molar-refractivity contribution in [2.75, 3.05) is 6.54 Å². The van der Waals surface area contributed by atoms with Crippen LogP contribution in [0.3, 0.4) is 0 Å². The fraction of sp³-hybridized carbons (Fsp3) is 0.242. The summed E-state index contributed by atoms with van der Waals surface area (Å²) in [5.41, 5.74) is 6.32. The number of hydrogen-bond donors (Lipinski definition) is 0. The molecular formula is C33H25ClN4O. The van der Waals surface area contributed by atoms with Gasteiger partial charge in [-0.05, 0) is 66.9 Å². The lowest BCUT2D eigenvalue weighted by atomic mass is 9.57. The van der Waals surface area contributed by atoms with Gasteiger partial charge in [-0.15, -0.1) is 0 Å². The van der Waals surface area contributed by atoms with Crippen LogP contribution in [0.5, 0.6) is 0 Å². The van der Waals surface area contributed by atoms with Crippen LogP contribution in [0, 0.1) is 5.41 Å². The molecular weight excluding hydrogens is 504 g/mol. The molecule has 3 aliphatic heterocycles. The third-order valence-corrected chi connectivity index (χ3v) is 10.1. The van der Waals surface area contributed by atoms with Gasteiger partial charge in [0.1, 0.15) is 5.54 Å². The van der Waals surface area contributed by atoms with Gasteiger partial charge in [-0.2, -0.15) is 0 Å². The van der Waals surface area contributed by atoms with E-state index in [0.717, 1.165) is 58.6 Å². The van der Waals surface area contributed by atoms with Crippen molar-refractivity contribution in [3.05, 3.63) is 119 Å². The predicted molar refractivity (Wildman–Crippen MR) is 151 cm³/mol. The zero-order valence-corrected chi connectivity index (χ0v) is 22.0. The third-order valence-electron chi connectivity index (χ3n) is 9.89. The van der Waals surface area contributed by atoms with Gasteiger partial charge in [-0.1, -0.05) is 60.1 Å². The predicted octanol–water partition coefficient (Wildman–Crippen LogP) is 6.45. The largest absolute Gasteiger partial charge is 0.344 e. The summed E-state index contributed by atoms with van der Waals surface area (Å²) in [7, 11) is 0. The molecule has 4 aliphatic rings. The summed E-state index contributed by atoms with van der Waals surface area (Å²) in [6.45, 7) is 1.53. The Balaban J connectivity index is 1.45. The Kier molecular flexibility index (Phi) is 4.21. The van der Waals surface area contributed by atoms with E-state index >= 15 is 4.79 Å². The van der Waals surface area contributed by atoms with Gasteiger partial charge in [-0.25, -0.2) is 9.97 Å². The van der Waals surface area contributed by atoms with E-state index in [0.29, 0.717) is 11.6 Å². The fourth-order valence-electron chi connectivity index (χ4n) is 8.70. The molecule has 0 radical (unpaired) electrons. The van der Waals surface area contributed by atoms with E-state index in [1.165, 1.54) is 5.56 Å². The van der Waals surface area contributed by atoms with Crippen molar-refractivity contribution in [3.63, 3.8) is 0 Å². The molecule has 5 nitrogen and oxygen atoms in total. The van der Waals surface area contributed by atoms with Crippen LogP contribution < -0.4 is 0 Å². The van der Waals surface area contributed by atoms with Gasteiger partial charge < -0.3 is 4.57 Å². The smallest absolute Gasteiger partial charge is 0.190 e. The van der Waals surface area contributed by atoms with E-state index in [1.54, 1.807) is 0 Å². The molecule has 4 atom stereocenters. The molecule has 0 saturated carbocycles. The van der Waals surface area contributed by atoms with Crippen LogP contribution in [0.2, 0.25) is 5.02 Å². The van der Waals surface area contributed by atoms with Crippen LogP contribution in [0.1, 0.15) is 46.1 Å². The Morgan fingerprint density at radius 2 is 1.64 bits per heavy atom. The summed E-state index contributed by atoms with van der Waals surface area (Å²) in [5.74, 6) is 0.191. The van der Waals surface area contributed by atoms with Crippen LogP contribution >= 0.6 is 11.6 Å². The van der Waals surface area contributed by atoms with E-state index in [9.17, 15) is 0 Å². The molecule has 5 aromatic rings. The molecule has 39 heavy (non-hydrogen) atoms. The molecule has 3 aromatic carbocycles. The Morgan fingerprint density at radius 1 is 0.872 bits per heavy atom. The molecule has 2 aromatic heterocycles. The molecule has 2 spiro atoms. The van der Waals surface area contributed by atoms with E-state index in [2.05, 4.69) is 52.1 Å². The number of rotatable bonds is 1. The Labute approximate surface area is 231 Å². The van der Waals surface area contributed by atoms with Crippen LogP contribution in [0.4, 0.5) is 0 Å². The quantitative estimate of drug-likeness (QED) is 0.251. The number of ketones is 1. The number of aromatic nitrogens is 3. The SMILES string of the molecule is O=C1c2cccn2CC12C(c1ccc(Cl)cc1)C1CCCN1C21c2ccccc2-c2nc3ccccc3nc21. The third kappa shape index (κ3) is 2.45. The molecule has 5 heterocycles. The molecule has 1 aliphatic carbocycles. The van der Waals surface area contributed by atoms with E-state index in [-0.39, 0.29) is 17.7 Å². The summed E-state index contributed by atoms with van der Waals surface area (Å²) >= 11 is 6.38. The molecule has 9 rings (SSSR count). The van der Waals surface area contributed by atoms with Crippen molar-refractivity contribution in [2.24, 2.45) is 5.41 Å². The molecule has 2 fully saturated rings. The topological polar surface area (TPSA) is 51.0 Å². The van der Waals surface area contributed by atoms with Gasteiger partial charge in [0.25, 0.3) is 0 Å². The lowest BCUT2D eigenvalue weighted by molar-refractivity contribution is 0.0461. The van der Waals surface area contributed by atoms with Gasteiger partial charge in [0.15, 0.2) is 5.78 Å². The molecule has 4 unspecified atom stereocenters. The number of halogens is 1. The van der Waals surface area contributed by atoms with Gasteiger partial charge in [0.2, 0.25) is 0 Å². The van der Waals surface area contributed by atoms with E-state index in [1.807, 2.05) is 48.5 Å². The highest BCUT2D eigenvalue weighted by atomic mass is 35.5. The first-order chi connectivity index (χ1) is 19.1. The summed E-state index contributed by atoms with van der Waals surface area (Å²) in [6, 6.07) is 29.1.